The van der Waals surface area contributed by atoms with Crippen molar-refractivity contribution in [3.05, 3.63) is 11.7 Å². The lowest BCUT2D eigenvalue weighted by Crippen LogP contribution is -2.24. The van der Waals surface area contributed by atoms with Gasteiger partial charge in [0.15, 0.2) is 5.82 Å². The Bertz CT molecular complexity index is 332. The molecule has 1 aromatic rings. The number of nitrogens with two attached hydrogens (primary N) is 1. The molecule has 0 aromatic carbocycles. The van der Waals surface area contributed by atoms with Gasteiger partial charge in [-0.1, -0.05) is 25.9 Å². The lowest BCUT2D eigenvalue weighted by atomic mass is 10.2. The molecule has 0 saturated carbocycles. The van der Waals surface area contributed by atoms with Gasteiger partial charge in [-0.2, -0.15) is 4.98 Å². The smallest absolute Gasteiger partial charge is 0.229 e. The van der Waals surface area contributed by atoms with Crippen LogP contribution in [0.5, 0.6) is 0 Å². The first-order chi connectivity index (χ1) is 7.94. The van der Waals surface area contributed by atoms with Gasteiger partial charge in [-0.3, -0.25) is 0 Å². The van der Waals surface area contributed by atoms with Crippen molar-refractivity contribution in [2.45, 2.75) is 43.8 Å². The van der Waals surface area contributed by atoms with Gasteiger partial charge in [0.05, 0.1) is 18.3 Å². The lowest BCUT2D eigenvalue weighted by molar-refractivity contribution is 0.102. The van der Waals surface area contributed by atoms with Gasteiger partial charge >= 0.3 is 0 Å². The number of aromatic nitrogens is 2. The zero-order valence-corrected chi connectivity index (χ0v) is 11.7. The highest BCUT2D eigenvalue weighted by molar-refractivity contribution is 7.99. The van der Waals surface area contributed by atoms with Gasteiger partial charge in [-0.05, 0) is 0 Å². The van der Waals surface area contributed by atoms with Crippen molar-refractivity contribution in [2.75, 3.05) is 13.7 Å². The summed E-state index contributed by atoms with van der Waals surface area (Å²) < 4.78 is 10.5. The van der Waals surface area contributed by atoms with Crippen molar-refractivity contribution in [2.24, 2.45) is 5.73 Å². The van der Waals surface area contributed by atoms with Crippen LogP contribution in [0.1, 0.15) is 32.5 Å². The van der Waals surface area contributed by atoms with Crippen molar-refractivity contribution in [3.8, 4) is 0 Å². The van der Waals surface area contributed by atoms with Gasteiger partial charge in [0.1, 0.15) is 0 Å². The van der Waals surface area contributed by atoms with Crippen LogP contribution in [-0.4, -0.2) is 34.6 Å². The first kappa shape index (κ1) is 14.5. The van der Waals surface area contributed by atoms with E-state index in [2.05, 4.69) is 30.9 Å². The summed E-state index contributed by atoms with van der Waals surface area (Å²) in [5, 5.41) is 3.94. The van der Waals surface area contributed by atoms with Crippen LogP contribution in [0.3, 0.4) is 0 Å². The summed E-state index contributed by atoms with van der Waals surface area (Å²) in [6, 6.07) is 0. The van der Waals surface area contributed by atoms with Crippen LogP contribution in [0.2, 0.25) is 0 Å². The molecular weight excluding hydrogens is 238 g/mol. The van der Waals surface area contributed by atoms with Crippen LogP contribution in [0.15, 0.2) is 4.52 Å². The first-order valence-electron chi connectivity index (χ1n) is 5.63. The van der Waals surface area contributed by atoms with Crippen molar-refractivity contribution in [3.63, 3.8) is 0 Å². The predicted molar refractivity (Wildman–Crippen MR) is 68.9 cm³/mol. The van der Waals surface area contributed by atoms with Crippen molar-refractivity contribution in [1.82, 2.24) is 10.1 Å². The van der Waals surface area contributed by atoms with E-state index in [1.54, 1.807) is 18.9 Å². The van der Waals surface area contributed by atoms with E-state index < -0.39 is 0 Å². The minimum absolute atomic E-state index is 0.0569. The summed E-state index contributed by atoms with van der Waals surface area (Å²) in [5.74, 6) is 2.08. The third-order valence-corrected chi connectivity index (χ3v) is 3.41. The summed E-state index contributed by atoms with van der Waals surface area (Å²) in [6.07, 6.45) is 0.513. The summed E-state index contributed by atoms with van der Waals surface area (Å²) in [5.41, 5.74) is 5.53. The molecule has 0 aliphatic carbocycles. The van der Waals surface area contributed by atoms with Crippen molar-refractivity contribution < 1.29 is 9.26 Å². The Balaban J connectivity index is 2.48. The predicted octanol–water partition coefficient (Wildman–Crippen LogP) is 1.62. The van der Waals surface area contributed by atoms with Gasteiger partial charge in [-0.15, -0.1) is 11.8 Å². The highest BCUT2D eigenvalue weighted by Crippen LogP contribution is 2.26. The molecule has 98 valence electrons. The molecule has 0 fully saturated rings. The third kappa shape index (κ3) is 5.52. The third-order valence-electron chi connectivity index (χ3n) is 2.14. The molecule has 1 heterocycles. The zero-order valence-electron chi connectivity index (χ0n) is 10.9. The highest BCUT2D eigenvalue weighted by atomic mass is 32.2. The fourth-order valence-corrected chi connectivity index (χ4v) is 1.85. The Morgan fingerprint density at radius 1 is 1.47 bits per heavy atom. The second-order valence-corrected chi connectivity index (χ2v) is 6.61. The number of hydrogen-bond donors (Lipinski definition) is 1. The quantitative estimate of drug-likeness (QED) is 0.836. The van der Waals surface area contributed by atoms with Gasteiger partial charge < -0.3 is 15.0 Å². The molecule has 0 aliphatic heterocycles. The summed E-state index contributed by atoms with van der Waals surface area (Å²) in [7, 11) is 1.63. The van der Waals surface area contributed by atoms with E-state index in [-0.39, 0.29) is 10.9 Å². The molecule has 0 spiro atoms. The molecule has 1 aromatic heterocycles. The monoisotopic (exact) mass is 259 g/mol. The molecule has 1 atom stereocenters. The van der Waals surface area contributed by atoms with E-state index in [9.17, 15) is 0 Å². The Morgan fingerprint density at radius 3 is 2.71 bits per heavy atom. The number of hydrogen-bond acceptors (Lipinski definition) is 6. The van der Waals surface area contributed by atoms with Crippen molar-refractivity contribution >= 4 is 11.8 Å². The van der Waals surface area contributed by atoms with E-state index in [1.165, 1.54) is 0 Å². The summed E-state index contributed by atoms with van der Waals surface area (Å²) in [6.45, 7) is 6.93. The van der Waals surface area contributed by atoms with Crippen LogP contribution < -0.4 is 5.73 Å². The maximum absolute atomic E-state index is 5.53. The standard InChI is InChI=1S/C11H21N3O2S/c1-11(2,3)17-7-9-13-10(16-14-9)5-8(6-12)15-4/h8H,5-7,12H2,1-4H3. The Morgan fingerprint density at radius 2 is 2.18 bits per heavy atom. The fraction of sp³-hybridized carbons (Fsp3) is 0.818. The van der Waals surface area contributed by atoms with Crippen LogP contribution in [0.4, 0.5) is 0 Å². The van der Waals surface area contributed by atoms with Gasteiger partial charge in [0, 0.05) is 18.4 Å². The first-order valence-corrected chi connectivity index (χ1v) is 6.61. The molecule has 1 unspecified atom stereocenters. The Hall–Kier alpha value is -0.590. The average Bonchev–Trinajstić information content (AvgIpc) is 2.70. The lowest BCUT2D eigenvalue weighted by Gasteiger charge is -2.15. The van der Waals surface area contributed by atoms with Crippen molar-refractivity contribution in [1.29, 1.82) is 0 Å². The number of nitrogens with zero attached hydrogens (tertiary/aromatic N) is 2. The van der Waals surface area contributed by atoms with E-state index >= 15 is 0 Å². The topological polar surface area (TPSA) is 74.2 Å². The largest absolute Gasteiger partial charge is 0.380 e. The summed E-state index contributed by atoms with van der Waals surface area (Å²) in [4.78, 5) is 4.31. The zero-order chi connectivity index (χ0) is 12.9. The molecule has 0 radical (unpaired) electrons. The molecule has 6 heteroatoms. The fourth-order valence-electron chi connectivity index (χ4n) is 1.17. The second-order valence-electron chi connectivity index (χ2n) is 4.80. The minimum atomic E-state index is -0.0569. The molecule has 0 bridgehead atoms. The van der Waals surface area contributed by atoms with E-state index in [0.29, 0.717) is 18.9 Å². The molecule has 5 nitrogen and oxygen atoms in total. The van der Waals surface area contributed by atoms with Crippen LogP contribution in [0, 0.1) is 0 Å². The highest BCUT2D eigenvalue weighted by Gasteiger charge is 2.15. The molecule has 0 saturated heterocycles. The second kappa shape index (κ2) is 6.37. The number of methoxy groups -OCH3 is 1. The average molecular weight is 259 g/mol. The van der Waals surface area contributed by atoms with Gasteiger partial charge in [-0.25, -0.2) is 0 Å². The normalized spacial score (nSPS) is 13.9. The molecule has 1 rings (SSSR count). The van der Waals surface area contributed by atoms with Crippen LogP contribution in [0.25, 0.3) is 0 Å². The number of ether oxygens (including phenoxy) is 1. The minimum Gasteiger partial charge on any atom is -0.380 e. The Kier molecular flexibility index (Phi) is 5.42. The van der Waals surface area contributed by atoms with Crippen LogP contribution in [-0.2, 0) is 16.9 Å². The van der Waals surface area contributed by atoms with Gasteiger partial charge in [0.2, 0.25) is 5.89 Å². The maximum atomic E-state index is 5.53. The van der Waals surface area contributed by atoms with Gasteiger partial charge in [0.25, 0.3) is 0 Å². The number of thioether (sulfide) groups is 1. The molecule has 17 heavy (non-hydrogen) atoms. The summed E-state index contributed by atoms with van der Waals surface area (Å²) >= 11 is 1.79. The maximum Gasteiger partial charge on any atom is 0.229 e. The van der Waals surface area contributed by atoms with Crippen LogP contribution >= 0.6 is 11.8 Å². The Labute approximate surface area is 106 Å². The molecule has 0 amide bonds. The van der Waals surface area contributed by atoms with E-state index in [1.807, 2.05) is 0 Å². The number of rotatable bonds is 6. The van der Waals surface area contributed by atoms with E-state index in [4.69, 9.17) is 15.0 Å². The van der Waals surface area contributed by atoms with E-state index in [0.717, 1.165) is 11.6 Å². The molecular formula is C11H21N3O2S. The molecule has 0 aliphatic rings. The molecule has 2 N–H and O–H groups in total. The SMILES string of the molecule is COC(CN)Cc1nc(CSC(C)(C)C)no1.